The lowest BCUT2D eigenvalue weighted by Gasteiger charge is -2.38. The second kappa shape index (κ2) is 14.7. The van der Waals surface area contributed by atoms with E-state index in [2.05, 4.69) is 10.6 Å². The van der Waals surface area contributed by atoms with Crippen molar-refractivity contribution in [2.75, 3.05) is 30.5 Å². The quantitative estimate of drug-likeness (QED) is 0.267. The smallest absolute Gasteiger partial charge is 0.408 e. The molecule has 1 heterocycles. The molecule has 0 bridgehead atoms. The fraction of sp³-hybridized carbons (Fsp3) is 0.630. The molecule has 0 radical (unpaired) electrons. The predicted molar refractivity (Wildman–Crippen MR) is 152 cm³/mol. The maximum Gasteiger partial charge on any atom is 0.408 e. The number of benzene rings is 1. The third kappa shape index (κ3) is 10.4. The minimum Gasteiger partial charge on any atom is -0.497 e. The van der Waals surface area contributed by atoms with Gasteiger partial charge in [0.2, 0.25) is 5.91 Å². The van der Waals surface area contributed by atoms with E-state index in [1.807, 2.05) is 35.7 Å². The summed E-state index contributed by atoms with van der Waals surface area (Å²) in [5.74, 6) is 0.531. The molecule has 1 aliphatic rings. The van der Waals surface area contributed by atoms with Gasteiger partial charge in [-0.1, -0.05) is 19.4 Å². The largest absolute Gasteiger partial charge is 0.497 e. The number of rotatable bonds is 13. The van der Waals surface area contributed by atoms with Gasteiger partial charge in [-0.15, -0.1) is 23.5 Å². The highest BCUT2D eigenvalue weighted by Crippen LogP contribution is 2.55. The summed E-state index contributed by atoms with van der Waals surface area (Å²) in [7, 11) is 1.56. The van der Waals surface area contributed by atoms with Gasteiger partial charge in [-0.3, -0.25) is 14.4 Å². The fourth-order valence-electron chi connectivity index (χ4n) is 3.98. The number of thioether (sulfide) groups is 2. The molecule has 11 heteroatoms. The molecule has 1 aliphatic heterocycles. The van der Waals surface area contributed by atoms with Crippen LogP contribution in [-0.2, 0) is 23.2 Å². The van der Waals surface area contributed by atoms with Crippen LogP contribution in [0.2, 0.25) is 0 Å². The van der Waals surface area contributed by atoms with E-state index < -0.39 is 23.6 Å². The average Bonchev–Trinajstić information content (AvgIpc) is 2.84. The maximum atomic E-state index is 13.2. The van der Waals surface area contributed by atoms with Crippen molar-refractivity contribution in [2.24, 2.45) is 5.92 Å². The number of anilines is 1. The minimum atomic E-state index is -0.801. The van der Waals surface area contributed by atoms with Crippen molar-refractivity contribution in [1.82, 2.24) is 5.32 Å². The molecule has 0 unspecified atom stereocenters. The number of amides is 2. The van der Waals surface area contributed by atoms with Crippen LogP contribution in [0.3, 0.4) is 0 Å². The van der Waals surface area contributed by atoms with Crippen LogP contribution in [0, 0.1) is 5.92 Å². The molecule has 3 N–H and O–H groups in total. The van der Waals surface area contributed by atoms with Crippen molar-refractivity contribution in [2.45, 2.75) is 75.9 Å². The average molecular weight is 569 g/mol. The Kier molecular flexibility index (Phi) is 12.3. The third-order valence-electron chi connectivity index (χ3n) is 5.81. The number of ether oxygens (including phenoxy) is 2. The van der Waals surface area contributed by atoms with Gasteiger partial charge < -0.3 is 25.2 Å². The normalized spacial score (nSPS) is 15.7. The van der Waals surface area contributed by atoms with Crippen LogP contribution in [0.4, 0.5) is 10.5 Å². The summed E-state index contributed by atoms with van der Waals surface area (Å²) < 4.78 is 10.2. The fourth-order valence-corrected chi connectivity index (χ4v) is 7.47. The van der Waals surface area contributed by atoms with Crippen LogP contribution in [0.5, 0.6) is 5.75 Å². The third-order valence-corrected chi connectivity index (χ3v) is 9.28. The van der Waals surface area contributed by atoms with Crippen molar-refractivity contribution in [1.29, 1.82) is 0 Å². The number of hydrogen-bond donors (Lipinski definition) is 3. The number of aliphatic carboxylic acids is 1. The molecular weight excluding hydrogens is 528 g/mol. The first-order valence-electron chi connectivity index (χ1n) is 12.8. The van der Waals surface area contributed by atoms with Gasteiger partial charge in [0.05, 0.1) is 17.7 Å². The number of carbonyl (C=O) groups excluding carboxylic acids is 3. The molecule has 2 rings (SSSR count). The zero-order valence-corrected chi connectivity index (χ0v) is 24.5. The van der Waals surface area contributed by atoms with Crippen molar-refractivity contribution in [3.8, 4) is 5.75 Å². The van der Waals surface area contributed by atoms with E-state index in [9.17, 15) is 19.2 Å². The molecule has 212 valence electrons. The predicted octanol–water partition coefficient (Wildman–Crippen LogP) is 5.42. The number of hydrogen-bond acceptors (Lipinski definition) is 8. The van der Waals surface area contributed by atoms with Crippen LogP contribution in [-0.4, -0.2) is 59.6 Å². The van der Waals surface area contributed by atoms with Crippen LogP contribution < -0.4 is 15.4 Å². The summed E-state index contributed by atoms with van der Waals surface area (Å²) >= 11 is 3.65. The Morgan fingerprint density at radius 2 is 1.82 bits per heavy atom. The highest BCUT2D eigenvalue weighted by atomic mass is 32.2. The zero-order valence-electron chi connectivity index (χ0n) is 22.9. The van der Waals surface area contributed by atoms with Gasteiger partial charge in [0.15, 0.2) is 5.78 Å². The lowest BCUT2D eigenvalue weighted by atomic mass is 10.0. The summed E-state index contributed by atoms with van der Waals surface area (Å²) in [4.78, 5) is 48.4. The molecule has 0 aliphatic carbocycles. The monoisotopic (exact) mass is 568 g/mol. The standard InChI is InChI=1S/C27H40N2O7S2/c1-18(15-19(30)17-28-25(34)36-26(2,3)4)24(33)29-22-16-20(35-5)10-11-21(22)27(37-13-8-14-38-27)12-7-6-9-23(31)32/h10-11,16,18H,6-9,12-15,17H2,1-5H3,(H,28,34)(H,29,33)(H,31,32)/t18-/m0/s1. The summed E-state index contributed by atoms with van der Waals surface area (Å²) in [6, 6.07) is 5.63. The van der Waals surface area contributed by atoms with Crippen molar-refractivity contribution in [3.05, 3.63) is 23.8 Å². The Labute approximate surface area is 233 Å². The molecule has 1 aromatic carbocycles. The molecule has 0 saturated carbocycles. The lowest BCUT2D eigenvalue weighted by molar-refractivity contribution is -0.137. The first-order chi connectivity index (χ1) is 17.8. The Morgan fingerprint density at radius 1 is 1.13 bits per heavy atom. The molecule has 0 aromatic heterocycles. The van der Waals surface area contributed by atoms with Gasteiger partial charge in [0.1, 0.15) is 11.4 Å². The van der Waals surface area contributed by atoms with E-state index in [1.54, 1.807) is 40.9 Å². The number of Topliss-reactive ketones (excluding diaryl/α,β-unsaturated/α-hetero) is 1. The van der Waals surface area contributed by atoms with E-state index >= 15 is 0 Å². The van der Waals surface area contributed by atoms with E-state index in [0.29, 0.717) is 17.9 Å². The molecule has 2 amide bonds. The van der Waals surface area contributed by atoms with Gasteiger partial charge in [-0.25, -0.2) is 4.79 Å². The van der Waals surface area contributed by atoms with Gasteiger partial charge in [-0.2, -0.15) is 0 Å². The molecule has 1 atom stereocenters. The summed E-state index contributed by atoms with van der Waals surface area (Å²) in [5, 5.41) is 14.5. The van der Waals surface area contributed by atoms with Gasteiger partial charge in [0, 0.05) is 36.1 Å². The van der Waals surface area contributed by atoms with E-state index in [4.69, 9.17) is 14.6 Å². The molecular formula is C27H40N2O7S2. The second-order valence-corrected chi connectivity index (χ2v) is 13.4. The summed E-state index contributed by atoms with van der Waals surface area (Å²) in [6.45, 7) is 6.66. The molecule has 1 fully saturated rings. The van der Waals surface area contributed by atoms with Crippen LogP contribution in [0.15, 0.2) is 18.2 Å². The number of alkyl carbamates (subject to hydrolysis) is 1. The Morgan fingerprint density at radius 3 is 2.42 bits per heavy atom. The van der Waals surface area contributed by atoms with Crippen molar-refractivity contribution >= 4 is 53.0 Å². The maximum absolute atomic E-state index is 13.2. The zero-order chi connectivity index (χ0) is 28.3. The van der Waals surface area contributed by atoms with Crippen LogP contribution in [0.1, 0.15) is 71.8 Å². The number of ketones is 1. The highest BCUT2D eigenvalue weighted by molar-refractivity contribution is 8.18. The number of carboxylic acid groups (broad SMARTS) is 1. The summed E-state index contributed by atoms with van der Waals surface area (Å²) in [6.07, 6.45) is 2.61. The SMILES string of the molecule is COc1ccc(C2(CCCCC(=O)O)SCCCS2)c(NC(=O)[C@@H](C)CC(=O)CNC(=O)OC(C)(C)C)c1. The first-order valence-corrected chi connectivity index (χ1v) is 14.8. The molecule has 1 saturated heterocycles. The van der Waals surface area contributed by atoms with Crippen LogP contribution in [0.25, 0.3) is 0 Å². The van der Waals surface area contributed by atoms with Gasteiger partial charge in [0.25, 0.3) is 0 Å². The van der Waals surface area contributed by atoms with E-state index in [1.165, 1.54) is 0 Å². The Balaban J connectivity index is 2.13. The molecule has 38 heavy (non-hydrogen) atoms. The van der Waals surface area contributed by atoms with E-state index in [-0.39, 0.29) is 35.2 Å². The topological polar surface area (TPSA) is 131 Å². The van der Waals surface area contributed by atoms with Crippen LogP contribution >= 0.6 is 23.5 Å². The second-order valence-electron chi connectivity index (χ2n) is 10.3. The van der Waals surface area contributed by atoms with E-state index in [0.717, 1.165) is 36.3 Å². The molecule has 0 spiro atoms. The van der Waals surface area contributed by atoms with Crippen molar-refractivity contribution < 1.29 is 33.8 Å². The number of nitrogens with one attached hydrogen (secondary N) is 2. The Bertz CT molecular complexity index is 988. The molecule has 1 aromatic rings. The molecule has 9 nitrogen and oxygen atoms in total. The summed E-state index contributed by atoms with van der Waals surface area (Å²) in [5.41, 5.74) is 0.916. The first kappa shape index (κ1) is 31.8. The van der Waals surface area contributed by atoms with Gasteiger partial charge >= 0.3 is 12.1 Å². The lowest BCUT2D eigenvalue weighted by Crippen LogP contribution is -2.36. The Hall–Kier alpha value is -2.40. The number of carbonyl (C=O) groups is 4. The van der Waals surface area contributed by atoms with Gasteiger partial charge in [-0.05, 0) is 57.6 Å². The number of carboxylic acids is 1. The highest BCUT2D eigenvalue weighted by Gasteiger charge is 2.37. The number of methoxy groups -OCH3 is 1. The number of unbranched alkanes of at least 4 members (excludes halogenated alkanes) is 1. The van der Waals surface area contributed by atoms with Crippen molar-refractivity contribution in [3.63, 3.8) is 0 Å². The minimum absolute atomic E-state index is 0.0369.